The summed E-state index contributed by atoms with van der Waals surface area (Å²) in [6.45, 7) is 14.8. The van der Waals surface area contributed by atoms with Crippen LogP contribution in [0, 0.1) is 16.7 Å². The van der Waals surface area contributed by atoms with Crippen LogP contribution in [0.4, 0.5) is 4.79 Å². The molecule has 6 rings (SSSR count). The lowest BCUT2D eigenvalue weighted by atomic mass is 9.44. The van der Waals surface area contributed by atoms with Crippen molar-refractivity contribution in [2.24, 2.45) is 16.7 Å². The average Bonchev–Trinajstić information content (AvgIpc) is 0.674. The molecule has 2 bridgehead atoms. The lowest BCUT2D eigenvalue weighted by molar-refractivity contribution is -0.346. The van der Waals surface area contributed by atoms with Gasteiger partial charge in [-0.25, -0.2) is 14.4 Å². The second kappa shape index (κ2) is 29.0. The summed E-state index contributed by atoms with van der Waals surface area (Å²) in [4.78, 5) is 136. The molecule has 23 nitrogen and oxygen atoms in total. The number of fused-ring (bicyclic) bond motifs is 5. The van der Waals surface area contributed by atoms with Gasteiger partial charge in [-0.2, -0.15) is 0 Å². The van der Waals surface area contributed by atoms with E-state index in [4.69, 9.17) is 47.4 Å². The van der Waals surface area contributed by atoms with Gasteiger partial charge in [0, 0.05) is 69.8 Å². The minimum Gasteiger partial charge on any atom is -0.462 e. The first kappa shape index (κ1) is 68.6. The number of aliphatic hydroxyl groups excluding tert-OH is 1. The lowest BCUT2D eigenvalue weighted by Gasteiger charge is -2.67. The van der Waals surface area contributed by atoms with Crippen LogP contribution in [-0.4, -0.2) is 161 Å². The average molecular weight is 1240 g/mol. The number of carbonyl (C=O) groups is 10. The molecular formula is C61H79NO22S2. The summed E-state index contributed by atoms with van der Waals surface area (Å²) >= 11 is 0. The van der Waals surface area contributed by atoms with Crippen molar-refractivity contribution < 1.29 is 106 Å². The summed E-state index contributed by atoms with van der Waals surface area (Å²) in [6, 6.07) is 14.3. The van der Waals surface area contributed by atoms with Gasteiger partial charge in [-0.3, -0.25) is 33.6 Å². The third-order valence-corrected chi connectivity index (χ3v) is 18.4. The number of ketones is 1. The first-order valence-corrected chi connectivity index (χ1v) is 31.0. The zero-order valence-corrected chi connectivity index (χ0v) is 52.0. The SMILES string of the molecule is CCC(=O)OCC(COC(C)=O)OC(=O)CCCSSCCCC(=O)O[C@@H](C(=O)O[C@H]1C[C@@]2(O)[C@@H](OC(=O)c3ccccc3)[C@@H]3[C@]4(OC(C)=O)CO[C@@H]4C[C@H](O)[C@@]3(C)C(=O)[C@H](OC(C)=O)C(=C1C)C2(C)C)[C@@H](NC(=O)OC(C)(C)C)c1ccccc1. The number of ether oxygens (including phenoxy) is 10. The Hall–Kier alpha value is -6.54. The van der Waals surface area contributed by atoms with Crippen LogP contribution in [0.25, 0.3) is 0 Å². The Morgan fingerprint density at radius 1 is 0.779 bits per heavy atom. The molecule has 25 heteroatoms. The van der Waals surface area contributed by atoms with Gasteiger partial charge in [0.05, 0.1) is 29.6 Å². The zero-order valence-electron chi connectivity index (χ0n) is 50.3. The van der Waals surface area contributed by atoms with Crippen molar-refractivity contribution in [3.8, 4) is 0 Å². The largest absolute Gasteiger partial charge is 0.462 e. The van der Waals surface area contributed by atoms with E-state index in [1.54, 1.807) is 76.2 Å². The summed E-state index contributed by atoms with van der Waals surface area (Å²) in [7, 11) is 2.81. The molecule has 472 valence electrons. The molecule has 0 radical (unpaired) electrons. The maximum absolute atomic E-state index is 15.8. The number of aliphatic hydroxyl groups is 2. The van der Waals surface area contributed by atoms with Crippen LogP contribution in [0.2, 0.25) is 0 Å². The second-order valence-electron chi connectivity index (χ2n) is 23.4. The molecule has 3 aliphatic carbocycles. The smallest absolute Gasteiger partial charge is 0.408 e. The second-order valence-corrected chi connectivity index (χ2v) is 26.1. The Morgan fingerprint density at radius 2 is 1.37 bits per heavy atom. The normalized spacial score (nSPS) is 26.5. The van der Waals surface area contributed by atoms with Crippen LogP contribution in [-0.2, 0) is 85.7 Å². The molecular weight excluding hydrogens is 1160 g/mol. The number of hydrogen-bond donors (Lipinski definition) is 3. The zero-order chi connectivity index (χ0) is 63.5. The van der Waals surface area contributed by atoms with Crippen molar-refractivity contribution in [1.29, 1.82) is 0 Å². The number of rotatable bonds is 25. The highest BCUT2D eigenvalue weighted by molar-refractivity contribution is 8.76. The highest BCUT2D eigenvalue weighted by atomic mass is 33.1. The number of esters is 8. The molecule has 2 aromatic carbocycles. The number of Topliss-reactive ketones (excluding diaryl/α,β-unsaturated/α-hetero) is 1. The van der Waals surface area contributed by atoms with E-state index in [1.807, 2.05) is 0 Å². The predicted octanol–water partition coefficient (Wildman–Crippen LogP) is 6.75. The maximum Gasteiger partial charge on any atom is 0.408 e. The van der Waals surface area contributed by atoms with E-state index in [0.29, 0.717) is 17.9 Å². The highest BCUT2D eigenvalue weighted by Crippen LogP contribution is 2.64. The van der Waals surface area contributed by atoms with E-state index in [2.05, 4.69) is 5.32 Å². The molecule has 1 heterocycles. The molecule has 2 saturated carbocycles. The van der Waals surface area contributed by atoms with Crippen LogP contribution >= 0.6 is 21.6 Å². The van der Waals surface area contributed by atoms with Gasteiger partial charge >= 0.3 is 53.8 Å². The number of hydrogen-bond acceptors (Lipinski definition) is 24. The molecule has 1 amide bonds. The fourth-order valence-electron chi connectivity index (χ4n) is 11.6. The maximum atomic E-state index is 15.8. The standard InChI is InChI=1S/C61H79NO22S2/c1-12-44(67)76-32-40(31-75-35(3)63)79-45(68)25-19-27-85-86-28-20-26-46(69)81-50(48(38-21-15-13-16-22-38)62-56(73)84-57(6,7)8)55(72)80-41-30-61(74)53(82-54(71)39-23-17-14-18-24-39)51-59(11,42(66)29-43-60(51,33-77-43)83-37(5)65)52(70)49(78-36(4)64)47(34(41)2)58(61,9)10/h13-18,21-24,40-43,48-51,53,66,74H,12,19-20,25-33H2,1-11H3,(H,62,73)/t40?,41-,42-,43+,48-,49+,50+,51-,53-,59+,60-,61+/m0/s1. The number of nitrogens with one attached hydrogen (secondary N) is 1. The monoisotopic (exact) mass is 1240 g/mol. The molecule has 1 unspecified atom stereocenters. The number of benzene rings is 2. The quantitative estimate of drug-likeness (QED) is 0.0304. The van der Waals surface area contributed by atoms with Crippen molar-refractivity contribution in [3.05, 3.63) is 82.9 Å². The molecule has 86 heavy (non-hydrogen) atoms. The highest BCUT2D eigenvalue weighted by Gasteiger charge is 2.78. The van der Waals surface area contributed by atoms with Gasteiger partial charge in [-0.15, -0.1) is 0 Å². The van der Waals surface area contributed by atoms with Crippen molar-refractivity contribution in [2.45, 2.75) is 187 Å². The first-order chi connectivity index (χ1) is 40.4. The summed E-state index contributed by atoms with van der Waals surface area (Å²) in [6.07, 6.45) is -12.6. The van der Waals surface area contributed by atoms with Crippen molar-refractivity contribution in [3.63, 3.8) is 0 Å². The van der Waals surface area contributed by atoms with Gasteiger partial charge in [0.15, 0.2) is 23.6 Å². The molecule has 1 saturated heterocycles. The number of amides is 1. The summed E-state index contributed by atoms with van der Waals surface area (Å²) in [5.41, 5.74) is -8.99. The molecule has 12 atom stereocenters. The van der Waals surface area contributed by atoms with Gasteiger partial charge in [0.25, 0.3) is 0 Å². The number of carbonyl (C=O) groups excluding carboxylic acids is 10. The minimum atomic E-state index is -2.51. The molecule has 1 aliphatic heterocycles. The van der Waals surface area contributed by atoms with Crippen LogP contribution in [0.15, 0.2) is 71.8 Å². The molecule has 3 fully saturated rings. The van der Waals surface area contributed by atoms with E-state index >= 15 is 9.59 Å². The summed E-state index contributed by atoms with van der Waals surface area (Å²) < 4.78 is 58.0. The van der Waals surface area contributed by atoms with Crippen LogP contribution in [0.5, 0.6) is 0 Å². The number of alkyl carbamates (subject to hydrolysis) is 1. The van der Waals surface area contributed by atoms with Crippen molar-refractivity contribution >= 4 is 81.2 Å². The Labute approximate surface area is 507 Å². The first-order valence-electron chi connectivity index (χ1n) is 28.5. The molecule has 3 N–H and O–H groups in total. The van der Waals surface area contributed by atoms with Crippen molar-refractivity contribution in [2.75, 3.05) is 31.3 Å². The van der Waals surface area contributed by atoms with E-state index in [1.165, 1.54) is 68.3 Å². The van der Waals surface area contributed by atoms with Gasteiger partial charge in [0.2, 0.25) is 6.10 Å². The Kier molecular flexibility index (Phi) is 23.1. The Bertz CT molecular complexity index is 2860. The lowest BCUT2D eigenvalue weighted by Crippen LogP contribution is -2.82. The van der Waals surface area contributed by atoms with E-state index in [9.17, 15) is 48.6 Å². The van der Waals surface area contributed by atoms with Gasteiger partial charge in [0.1, 0.15) is 48.8 Å². The topological polar surface area (TPSA) is 315 Å². The fourth-order valence-corrected chi connectivity index (χ4v) is 13.8. The Balaban J connectivity index is 1.33. The van der Waals surface area contributed by atoms with Crippen LogP contribution in [0.3, 0.4) is 0 Å². The molecule has 2 aromatic rings. The van der Waals surface area contributed by atoms with E-state index < -0.39 is 148 Å². The van der Waals surface area contributed by atoms with E-state index in [-0.39, 0.29) is 74.2 Å². The molecule has 0 aromatic heterocycles. The molecule has 4 aliphatic rings. The van der Waals surface area contributed by atoms with Crippen LogP contribution in [0.1, 0.15) is 143 Å². The van der Waals surface area contributed by atoms with Gasteiger partial charge < -0.3 is 62.9 Å². The van der Waals surface area contributed by atoms with Gasteiger partial charge in [-0.05, 0) is 76.3 Å². The Morgan fingerprint density at radius 3 is 1.92 bits per heavy atom. The fraction of sp³-hybridized carbons (Fsp3) is 0.607. The van der Waals surface area contributed by atoms with Gasteiger partial charge in [-0.1, -0.05) is 90.9 Å². The summed E-state index contributed by atoms with van der Waals surface area (Å²) in [5, 5.41) is 29.0. The minimum absolute atomic E-state index is 0.00796. The van der Waals surface area contributed by atoms with Crippen molar-refractivity contribution in [1.82, 2.24) is 5.32 Å². The van der Waals surface area contributed by atoms with E-state index in [0.717, 1.165) is 13.8 Å². The third-order valence-electron chi connectivity index (χ3n) is 15.9. The molecule has 0 spiro atoms. The third kappa shape index (κ3) is 16.0. The summed E-state index contributed by atoms with van der Waals surface area (Å²) in [5.74, 6) is -8.26. The van der Waals surface area contributed by atoms with Crippen LogP contribution < -0.4 is 5.32 Å². The predicted molar refractivity (Wildman–Crippen MR) is 308 cm³/mol.